The molecule has 2 aliphatic rings. The van der Waals surface area contributed by atoms with Gasteiger partial charge in [-0.3, -0.25) is 15.6 Å². The summed E-state index contributed by atoms with van der Waals surface area (Å²) in [5.74, 6) is -3.39. The number of allylic oxidation sites excluding steroid dienone is 2. The molecule has 13 nitrogen and oxygen atoms in total. The van der Waals surface area contributed by atoms with Gasteiger partial charge >= 0.3 is 0 Å². The molecule has 0 fully saturated rings. The number of hydrogen-bond donors (Lipinski definition) is 4. The maximum Gasteiger partial charge on any atom is 0.259 e. The first kappa shape index (κ1) is 18.3. The van der Waals surface area contributed by atoms with Gasteiger partial charge in [-0.05, 0) is 20.3 Å². The van der Waals surface area contributed by atoms with Crippen LogP contribution in [0.1, 0.15) is 44.0 Å². The third kappa shape index (κ3) is 2.83. The minimum Gasteiger partial charge on any atom is -0.493 e. The summed E-state index contributed by atoms with van der Waals surface area (Å²) in [7, 11) is 0. The van der Waals surface area contributed by atoms with Crippen LogP contribution >= 0.6 is 0 Å². The average molecular weight is 396 g/mol. The SMILES string of the molecule is CC(C)=CCCC(=O)C(c1nc2n(c1O)C(=N)N=N2)c1nc2n(c1O)C(=N)N=N2. The smallest absolute Gasteiger partial charge is 0.259 e. The van der Waals surface area contributed by atoms with E-state index in [9.17, 15) is 15.0 Å². The lowest BCUT2D eigenvalue weighted by atomic mass is 9.93. The molecule has 29 heavy (non-hydrogen) atoms. The van der Waals surface area contributed by atoms with E-state index in [0.29, 0.717) is 6.42 Å². The first-order valence-corrected chi connectivity index (χ1v) is 8.60. The van der Waals surface area contributed by atoms with Crippen molar-refractivity contribution in [1.29, 1.82) is 10.8 Å². The van der Waals surface area contributed by atoms with Crippen molar-refractivity contribution in [3.63, 3.8) is 0 Å². The van der Waals surface area contributed by atoms with E-state index in [-0.39, 0.29) is 47.4 Å². The molecule has 0 radical (unpaired) electrons. The Balaban J connectivity index is 1.82. The second-order valence-corrected chi connectivity index (χ2v) is 6.68. The van der Waals surface area contributed by atoms with Crippen LogP contribution in [0.15, 0.2) is 32.1 Å². The van der Waals surface area contributed by atoms with Crippen molar-refractivity contribution in [2.75, 3.05) is 0 Å². The summed E-state index contributed by atoms with van der Waals surface area (Å²) in [6.07, 6.45) is 2.44. The molecule has 0 bridgehead atoms. The van der Waals surface area contributed by atoms with Gasteiger partial charge < -0.3 is 10.2 Å². The molecule has 0 amide bonds. The normalized spacial score (nSPS) is 15.0. The molecule has 13 heteroatoms. The van der Waals surface area contributed by atoms with Crippen molar-refractivity contribution < 1.29 is 15.0 Å². The summed E-state index contributed by atoms with van der Waals surface area (Å²) < 4.78 is 1.96. The number of Topliss-reactive ketones (excluding diaryl/α,β-unsaturated/α-hetero) is 1. The van der Waals surface area contributed by atoms with Gasteiger partial charge in [0.05, 0.1) is 0 Å². The van der Waals surface area contributed by atoms with E-state index in [0.717, 1.165) is 14.7 Å². The second kappa shape index (κ2) is 6.54. The van der Waals surface area contributed by atoms with Gasteiger partial charge in [-0.15, -0.1) is 20.5 Å². The van der Waals surface area contributed by atoms with Crippen molar-refractivity contribution >= 4 is 29.6 Å². The Bertz CT molecular complexity index is 1090. The minimum atomic E-state index is -1.25. The zero-order valence-corrected chi connectivity index (χ0v) is 15.4. The van der Waals surface area contributed by atoms with Crippen LogP contribution in [0.4, 0.5) is 11.9 Å². The molecule has 2 aliphatic heterocycles. The Labute approximate surface area is 163 Å². The number of nitrogens with one attached hydrogen (secondary N) is 2. The Morgan fingerprint density at radius 2 is 1.45 bits per heavy atom. The van der Waals surface area contributed by atoms with Crippen LogP contribution in [-0.4, -0.2) is 47.0 Å². The third-order valence-corrected chi connectivity index (χ3v) is 4.43. The molecule has 0 saturated heterocycles. The van der Waals surface area contributed by atoms with Gasteiger partial charge in [-0.1, -0.05) is 11.6 Å². The summed E-state index contributed by atoms with van der Waals surface area (Å²) in [5.41, 5.74) is 0.826. The van der Waals surface area contributed by atoms with E-state index in [1.807, 2.05) is 19.9 Å². The lowest BCUT2D eigenvalue weighted by molar-refractivity contribution is -0.119. The maximum absolute atomic E-state index is 13.1. The summed E-state index contributed by atoms with van der Waals surface area (Å²) in [5, 5.41) is 51.0. The standard InChI is InChI=1S/C16H16N10O3/c1-6(2)4-3-5-7(27)8(9-11(28)25-13(17)21-23-15(25)19-9)10-12(29)26-14(18)22-24-16(26)20-10/h4,8,17-18,28-29H,3,5H2,1-2H3. The average Bonchev–Trinajstić information content (AvgIpc) is 3.37. The molecule has 2 aromatic heterocycles. The first-order chi connectivity index (χ1) is 13.8. The Morgan fingerprint density at radius 3 is 1.86 bits per heavy atom. The lowest BCUT2D eigenvalue weighted by Crippen LogP contribution is -2.16. The van der Waals surface area contributed by atoms with Crippen LogP contribution in [0.2, 0.25) is 0 Å². The highest BCUT2D eigenvalue weighted by molar-refractivity contribution is 5.93. The zero-order valence-electron chi connectivity index (χ0n) is 15.4. The topological polar surface area (TPSA) is 190 Å². The molecule has 4 heterocycles. The summed E-state index contributed by atoms with van der Waals surface area (Å²) in [4.78, 5) is 21.3. The second-order valence-electron chi connectivity index (χ2n) is 6.68. The van der Waals surface area contributed by atoms with E-state index >= 15 is 0 Å². The Kier molecular flexibility index (Phi) is 4.14. The Morgan fingerprint density at radius 1 is 0.966 bits per heavy atom. The summed E-state index contributed by atoms with van der Waals surface area (Å²) >= 11 is 0. The molecule has 0 aliphatic carbocycles. The number of aromatic nitrogens is 4. The predicted octanol–water partition coefficient (Wildman–Crippen LogP) is 2.70. The molecule has 0 spiro atoms. The van der Waals surface area contributed by atoms with Crippen molar-refractivity contribution in [3.8, 4) is 11.8 Å². The van der Waals surface area contributed by atoms with Gasteiger partial charge in [0.25, 0.3) is 23.8 Å². The van der Waals surface area contributed by atoms with Crippen molar-refractivity contribution in [2.24, 2.45) is 20.5 Å². The lowest BCUT2D eigenvalue weighted by Gasteiger charge is -2.13. The fourth-order valence-corrected chi connectivity index (χ4v) is 3.10. The van der Waals surface area contributed by atoms with E-state index in [2.05, 4.69) is 30.4 Å². The van der Waals surface area contributed by atoms with Crippen molar-refractivity contribution in [3.05, 3.63) is 23.0 Å². The molecule has 0 aromatic carbocycles. The first-order valence-electron chi connectivity index (χ1n) is 8.60. The number of azo groups is 2. The Hall–Kier alpha value is -4.03. The highest BCUT2D eigenvalue weighted by Crippen LogP contribution is 2.42. The van der Waals surface area contributed by atoms with Gasteiger partial charge in [-0.25, -0.2) is 19.1 Å². The number of aromatic hydroxyl groups is 2. The zero-order chi connectivity index (χ0) is 20.9. The number of carbonyl (C=O) groups is 1. The van der Waals surface area contributed by atoms with E-state index in [1.165, 1.54) is 0 Å². The van der Waals surface area contributed by atoms with E-state index in [1.54, 1.807) is 0 Å². The van der Waals surface area contributed by atoms with Crippen LogP contribution in [0.5, 0.6) is 11.8 Å². The maximum atomic E-state index is 13.1. The monoisotopic (exact) mass is 396 g/mol. The number of hydrogen-bond acceptors (Lipinski definition) is 9. The number of nitrogens with zero attached hydrogens (tertiary/aromatic N) is 8. The number of rotatable bonds is 6. The molecule has 4 rings (SSSR count). The molecule has 4 N–H and O–H groups in total. The van der Waals surface area contributed by atoms with Crippen LogP contribution in [0.25, 0.3) is 0 Å². The van der Waals surface area contributed by atoms with Crippen molar-refractivity contribution in [2.45, 2.75) is 32.6 Å². The fraction of sp³-hybridized carbons (Fsp3) is 0.312. The van der Waals surface area contributed by atoms with Gasteiger partial charge in [0.2, 0.25) is 11.8 Å². The number of carbonyl (C=O) groups excluding carboxylic acids is 1. The van der Waals surface area contributed by atoms with Gasteiger partial charge in [0, 0.05) is 6.42 Å². The van der Waals surface area contributed by atoms with Crippen LogP contribution in [-0.2, 0) is 4.79 Å². The van der Waals surface area contributed by atoms with Crippen LogP contribution in [0.3, 0.4) is 0 Å². The summed E-state index contributed by atoms with van der Waals surface area (Å²) in [6.45, 7) is 3.82. The number of fused-ring (bicyclic) bond motifs is 2. The highest BCUT2D eigenvalue weighted by atomic mass is 16.3. The van der Waals surface area contributed by atoms with Crippen LogP contribution in [0, 0.1) is 10.8 Å². The van der Waals surface area contributed by atoms with Gasteiger partial charge in [0.1, 0.15) is 23.1 Å². The molecule has 2 aromatic rings. The van der Waals surface area contributed by atoms with Crippen LogP contribution < -0.4 is 0 Å². The molecule has 0 unspecified atom stereocenters. The van der Waals surface area contributed by atoms with E-state index in [4.69, 9.17) is 10.8 Å². The van der Waals surface area contributed by atoms with Gasteiger partial charge in [0.15, 0.2) is 0 Å². The van der Waals surface area contributed by atoms with E-state index < -0.39 is 17.7 Å². The minimum absolute atomic E-state index is 0.0525. The molecular weight excluding hydrogens is 380 g/mol. The number of ketones is 1. The quantitative estimate of drug-likeness (QED) is 0.545. The molecular formula is C16H16N10O3. The molecule has 0 saturated carbocycles. The highest BCUT2D eigenvalue weighted by Gasteiger charge is 2.38. The fourth-order valence-electron chi connectivity index (χ4n) is 3.10. The summed E-state index contributed by atoms with van der Waals surface area (Å²) in [6, 6.07) is 0. The predicted molar refractivity (Wildman–Crippen MR) is 98.6 cm³/mol. The van der Waals surface area contributed by atoms with Gasteiger partial charge in [-0.2, -0.15) is 0 Å². The number of imidazole rings is 2. The third-order valence-electron chi connectivity index (χ3n) is 4.43. The molecule has 148 valence electrons. The van der Waals surface area contributed by atoms with Crippen molar-refractivity contribution in [1.82, 2.24) is 19.1 Å². The molecule has 0 atom stereocenters. The largest absolute Gasteiger partial charge is 0.493 e.